The van der Waals surface area contributed by atoms with Crippen molar-refractivity contribution in [3.63, 3.8) is 0 Å². The fraction of sp³-hybridized carbons (Fsp3) is 0.818. The average molecular weight is 292 g/mol. The molecule has 102 valence electrons. The molecule has 2 rings (SSSR count). The average Bonchev–Trinajstić information content (AvgIpc) is 2.69. The van der Waals surface area contributed by atoms with E-state index in [0.717, 1.165) is 12.8 Å². The second kappa shape index (κ2) is 5.81. The molecule has 0 amide bonds. The predicted octanol–water partition coefficient (Wildman–Crippen LogP) is 1.85. The molecule has 4 atom stereocenters. The number of carbonyl (C=O) groups excluding carboxylic acids is 2. The van der Waals surface area contributed by atoms with Crippen LogP contribution >= 0.6 is 17.6 Å². The van der Waals surface area contributed by atoms with E-state index in [9.17, 15) is 9.59 Å². The Kier molecular flexibility index (Phi) is 4.58. The minimum absolute atomic E-state index is 0.00997. The van der Waals surface area contributed by atoms with Gasteiger partial charge in [0.1, 0.15) is 0 Å². The SMILES string of the molecule is CPOC(=O)C1(C(=O)OPC)CC2CCC(C1)O2. The molecule has 0 aromatic heterocycles. The van der Waals surface area contributed by atoms with Crippen molar-refractivity contribution >= 4 is 29.6 Å². The molecule has 5 nitrogen and oxygen atoms in total. The molecule has 0 radical (unpaired) electrons. The maximum Gasteiger partial charge on any atom is 0.326 e. The van der Waals surface area contributed by atoms with Gasteiger partial charge in [0.05, 0.1) is 29.8 Å². The Morgan fingerprint density at radius 2 is 1.50 bits per heavy atom. The van der Waals surface area contributed by atoms with Gasteiger partial charge in [-0.15, -0.1) is 0 Å². The third-order valence-electron chi connectivity index (χ3n) is 3.52. The Hall–Kier alpha value is -0.240. The molecule has 2 fully saturated rings. The monoisotopic (exact) mass is 292 g/mol. The zero-order chi connectivity index (χ0) is 13.2. The van der Waals surface area contributed by atoms with E-state index in [-0.39, 0.29) is 29.8 Å². The molecule has 0 aliphatic carbocycles. The summed E-state index contributed by atoms with van der Waals surface area (Å²) in [5.41, 5.74) is -1.13. The van der Waals surface area contributed by atoms with Gasteiger partial charge < -0.3 is 13.8 Å². The molecule has 0 aromatic rings. The van der Waals surface area contributed by atoms with Crippen molar-refractivity contribution in [1.29, 1.82) is 0 Å². The molecule has 4 unspecified atom stereocenters. The largest absolute Gasteiger partial charge is 0.448 e. The third-order valence-corrected chi connectivity index (χ3v) is 4.30. The molecule has 2 bridgehead atoms. The summed E-state index contributed by atoms with van der Waals surface area (Å²) in [7, 11) is 0.0937. The van der Waals surface area contributed by atoms with E-state index in [1.165, 1.54) is 0 Å². The highest BCUT2D eigenvalue weighted by molar-refractivity contribution is 7.32. The van der Waals surface area contributed by atoms with Crippen LogP contribution in [0.4, 0.5) is 0 Å². The van der Waals surface area contributed by atoms with E-state index in [4.69, 9.17) is 13.8 Å². The molecular formula is C11H18O5P2. The van der Waals surface area contributed by atoms with Crippen LogP contribution in [0.5, 0.6) is 0 Å². The molecule has 0 aromatic carbocycles. The predicted molar refractivity (Wildman–Crippen MR) is 70.2 cm³/mol. The number of hydrogen-bond acceptors (Lipinski definition) is 5. The standard InChI is InChI=1S/C11H18O5P2/c1-17-15-9(12)11(10(13)16-18-2)5-7-3-4-8(6-11)14-7/h7-8,17-18H,3-6H2,1-2H3. The molecule has 2 aliphatic heterocycles. The van der Waals surface area contributed by atoms with E-state index in [2.05, 4.69) is 0 Å². The smallest absolute Gasteiger partial charge is 0.326 e. The van der Waals surface area contributed by atoms with Crippen LogP contribution in [-0.4, -0.2) is 37.5 Å². The lowest BCUT2D eigenvalue weighted by Gasteiger charge is -2.36. The van der Waals surface area contributed by atoms with Crippen molar-refractivity contribution in [2.24, 2.45) is 5.41 Å². The molecule has 0 N–H and O–H groups in total. The fourth-order valence-electron chi connectivity index (χ4n) is 2.74. The minimum Gasteiger partial charge on any atom is -0.448 e. The zero-order valence-electron chi connectivity index (χ0n) is 10.5. The number of carbonyl (C=O) groups is 2. The van der Waals surface area contributed by atoms with E-state index >= 15 is 0 Å². The normalized spacial score (nSPS) is 35.4. The number of ether oxygens (including phenoxy) is 1. The lowest BCUT2D eigenvalue weighted by atomic mass is 9.77. The van der Waals surface area contributed by atoms with Crippen molar-refractivity contribution in [3.8, 4) is 0 Å². The Bertz CT molecular complexity index is 314. The summed E-state index contributed by atoms with van der Waals surface area (Å²) in [6.45, 7) is 3.54. The minimum atomic E-state index is -1.13. The zero-order valence-corrected chi connectivity index (χ0v) is 12.5. The first-order chi connectivity index (χ1) is 8.62. The molecule has 0 saturated carbocycles. The van der Waals surface area contributed by atoms with Gasteiger partial charge in [0.25, 0.3) is 0 Å². The van der Waals surface area contributed by atoms with Crippen LogP contribution in [0, 0.1) is 5.41 Å². The lowest BCUT2D eigenvalue weighted by molar-refractivity contribution is -0.172. The van der Waals surface area contributed by atoms with Gasteiger partial charge >= 0.3 is 11.9 Å². The summed E-state index contributed by atoms with van der Waals surface area (Å²) >= 11 is 0. The first-order valence-electron chi connectivity index (χ1n) is 6.04. The van der Waals surface area contributed by atoms with Crippen LogP contribution in [0.2, 0.25) is 0 Å². The first-order valence-corrected chi connectivity index (χ1v) is 8.85. The van der Waals surface area contributed by atoms with Crippen molar-refractivity contribution in [3.05, 3.63) is 0 Å². The first kappa shape index (κ1) is 14.2. The van der Waals surface area contributed by atoms with Crippen LogP contribution in [0.1, 0.15) is 25.7 Å². The van der Waals surface area contributed by atoms with E-state index in [1.54, 1.807) is 13.3 Å². The Balaban J connectivity index is 2.22. The second-order valence-corrected chi connectivity index (χ2v) is 5.86. The lowest BCUT2D eigenvalue weighted by Crippen LogP contribution is -2.47. The summed E-state index contributed by atoms with van der Waals surface area (Å²) in [6, 6.07) is 0. The summed E-state index contributed by atoms with van der Waals surface area (Å²) in [5, 5.41) is 0. The topological polar surface area (TPSA) is 61.8 Å². The highest BCUT2D eigenvalue weighted by Crippen LogP contribution is 2.46. The van der Waals surface area contributed by atoms with E-state index < -0.39 is 17.4 Å². The highest BCUT2D eigenvalue weighted by atomic mass is 31.1. The molecule has 2 saturated heterocycles. The van der Waals surface area contributed by atoms with Crippen LogP contribution in [0.15, 0.2) is 0 Å². The van der Waals surface area contributed by atoms with Crippen LogP contribution < -0.4 is 0 Å². The number of fused-ring (bicyclic) bond motifs is 2. The molecular weight excluding hydrogens is 274 g/mol. The van der Waals surface area contributed by atoms with Crippen LogP contribution in [0.25, 0.3) is 0 Å². The molecule has 2 heterocycles. The van der Waals surface area contributed by atoms with Gasteiger partial charge in [0.15, 0.2) is 5.41 Å². The van der Waals surface area contributed by atoms with E-state index in [1.807, 2.05) is 0 Å². The summed E-state index contributed by atoms with van der Waals surface area (Å²) in [4.78, 5) is 24.4. The van der Waals surface area contributed by atoms with Gasteiger partial charge in [-0.05, 0) is 26.2 Å². The number of rotatable bonds is 4. The molecule has 2 aliphatic rings. The van der Waals surface area contributed by atoms with Gasteiger partial charge in [-0.2, -0.15) is 0 Å². The van der Waals surface area contributed by atoms with Crippen molar-refractivity contribution < 1.29 is 23.4 Å². The van der Waals surface area contributed by atoms with Crippen molar-refractivity contribution in [2.45, 2.75) is 37.9 Å². The van der Waals surface area contributed by atoms with Crippen molar-refractivity contribution in [1.82, 2.24) is 0 Å². The van der Waals surface area contributed by atoms with Gasteiger partial charge in [-0.25, -0.2) is 0 Å². The summed E-state index contributed by atoms with van der Waals surface area (Å²) in [5.74, 6) is -0.876. The van der Waals surface area contributed by atoms with Gasteiger partial charge in [0, 0.05) is 12.8 Å². The summed E-state index contributed by atoms with van der Waals surface area (Å²) < 4.78 is 15.9. The molecule has 7 heteroatoms. The Morgan fingerprint density at radius 1 is 1.06 bits per heavy atom. The Morgan fingerprint density at radius 3 is 1.89 bits per heavy atom. The van der Waals surface area contributed by atoms with Gasteiger partial charge in [-0.1, -0.05) is 0 Å². The molecule has 18 heavy (non-hydrogen) atoms. The summed E-state index contributed by atoms with van der Waals surface area (Å²) in [6.07, 6.45) is 2.60. The highest BCUT2D eigenvalue weighted by Gasteiger charge is 2.56. The van der Waals surface area contributed by atoms with Crippen molar-refractivity contribution in [2.75, 3.05) is 13.3 Å². The second-order valence-electron chi connectivity index (χ2n) is 4.64. The van der Waals surface area contributed by atoms with E-state index in [0.29, 0.717) is 12.8 Å². The quantitative estimate of drug-likeness (QED) is 0.584. The number of hydrogen-bond donors (Lipinski definition) is 0. The van der Waals surface area contributed by atoms with Gasteiger partial charge in [0.2, 0.25) is 0 Å². The van der Waals surface area contributed by atoms with Crippen LogP contribution in [-0.2, 0) is 23.4 Å². The third kappa shape index (κ3) is 2.54. The van der Waals surface area contributed by atoms with Crippen LogP contribution in [0.3, 0.4) is 0 Å². The Labute approximate surface area is 110 Å². The van der Waals surface area contributed by atoms with Gasteiger partial charge in [-0.3, -0.25) is 9.59 Å². The molecule has 0 spiro atoms. The maximum atomic E-state index is 12.2. The maximum absolute atomic E-state index is 12.2. The fourth-order valence-corrected chi connectivity index (χ4v) is 3.50.